The van der Waals surface area contributed by atoms with Crippen LogP contribution in [0.3, 0.4) is 0 Å². The molecular weight excluding hydrogens is 292 g/mol. The fraction of sp³-hybridized carbons (Fsp3) is 0.611. The number of likely N-dealkylation sites (tertiary alicyclic amines) is 1. The monoisotopic (exact) mass is 318 g/mol. The SMILES string of the molecule is C[C@H](NC(=O)N1CCC[C@H](C2(C)OCCO2)C1)c1ccccc1. The molecule has 126 valence electrons. The zero-order chi connectivity index (χ0) is 16.3. The molecule has 2 heterocycles. The van der Waals surface area contributed by atoms with Crippen molar-refractivity contribution in [1.29, 1.82) is 0 Å². The van der Waals surface area contributed by atoms with E-state index in [1.54, 1.807) is 0 Å². The van der Waals surface area contributed by atoms with Crippen LogP contribution in [0.1, 0.15) is 38.3 Å². The van der Waals surface area contributed by atoms with Crippen molar-refractivity contribution in [2.24, 2.45) is 5.92 Å². The summed E-state index contributed by atoms with van der Waals surface area (Å²) in [5.74, 6) is -0.305. The summed E-state index contributed by atoms with van der Waals surface area (Å²) >= 11 is 0. The third-order valence-corrected chi connectivity index (χ3v) is 4.95. The molecule has 5 heteroatoms. The van der Waals surface area contributed by atoms with Gasteiger partial charge in [-0.15, -0.1) is 0 Å². The van der Waals surface area contributed by atoms with E-state index < -0.39 is 5.79 Å². The van der Waals surface area contributed by atoms with Crippen molar-refractivity contribution >= 4 is 6.03 Å². The molecule has 0 unspecified atom stereocenters. The smallest absolute Gasteiger partial charge is 0.317 e. The van der Waals surface area contributed by atoms with Crippen LogP contribution in [0.4, 0.5) is 4.79 Å². The predicted molar refractivity (Wildman–Crippen MR) is 88.0 cm³/mol. The van der Waals surface area contributed by atoms with Crippen LogP contribution in [-0.2, 0) is 9.47 Å². The van der Waals surface area contributed by atoms with Crippen molar-refractivity contribution in [2.75, 3.05) is 26.3 Å². The molecule has 0 bridgehead atoms. The minimum absolute atomic E-state index is 0.00126. The van der Waals surface area contributed by atoms with E-state index in [1.165, 1.54) is 0 Å². The standard InChI is InChI=1S/C18H26N2O3/c1-14(15-7-4-3-5-8-15)19-17(21)20-10-6-9-16(13-20)18(2)22-11-12-23-18/h3-5,7-8,14,16H,6,9-13H2,1-2H3,(H,19,21)/t14-,16-/m0/s1. The average Bonchev–Trinajstić information content (AvgIpc) is 3.04. The molecule has 0 aromatic heterocycles. The molecule has 0 saturated carbocycles. The van der Waals surface area contributed by atoms with Gasteiger partial charge in [-0.1, -0.05) is 30.3 Å². The molecule has 0 aliphatic carbocycles. The minimum Gasteiger partial charge on any atom is -0.347 e. The molecule has 2 saturated heterocycles. The maximum Gasteiger partial charge on any atom is 0.317 e. The molecule has 23 heavy (non-hydrogen) atoms. The number of carbonyl (C=O) groups is 1. The summed E-state index contributed by atoms with van der Waals surface area (Å²) in [4.78, 5) is 14.5. The molecule has 0 radical (unpaired) electrons. The van der Waals surface area contributed by atoms with E-state index >= 15 is 0 Å². The van der Waals surface area contributed by atoms with E-state index in [2.05, 4.69) is 5.32 Å². The Morgan fingerprint density at radius 3 is 2.70 bits per heavy atom. The fourth-order valence-corrected chi connectivity index (χ4v) is 3.46. The van der Waals surface area contributed by atoms with E-state index in [1.807, 2.05) is 49.1 Å². The van der Waals surface area contributed by atoms with E-state index in [-0.39, 0.29) is 18.0 Å². The largest absolute Gasteiger partial charge is 0.347 e. The Hall–Kier alpha value is -1.59. The first kappa shape index (κ1) is 16.3. The molecule has 2 amide bonds. The molecule has 1 N–H and O–H groups in total. The van der Waals surface area contributed by atoms with Crippen molar-refractivity contribution < 1.29 is 14.3 Å². The molecular formula is C18H26N2O3. The van der Waals surface area contributed by atoms with Crippen LogP contribution in [0.15, 0.2) is 30.3 Å². The van der Waals surface area contributed by atoms with Crippen LogP contribution in [0.2, 0.25) is 0 Å². The van der Waals surface area contributed by atoms with E-state index in [4.69, 9.17) is 9.47 Å². The van der Waals surface area contributed by atoms with Gasteiger partial charge in [0.25, 0.3) is 0 Å². The van der Waals surface area contributed by atoms with Crippen LogP contribution in [-0.4, -0.2) is 43.0 Å². The van der Waals surface area contributed by atoms with Crippen molar-refractivity contribution in [3.63, 3.8) is 0 Å². The van der Waals surface area contributed by atoms with Crippen molar-refractivity contribution in [3.8, 4) is 0 Å². The Labute approximate surface area is 137 Å². The molecule has 5 nitrogen and oxygen atoms in total. The highest BCUT2D eigenvalue weighted by Gasteiger charge is 2.42. The number of ether oxygens (including phenoxy) is 2. The van der Waals surface area contributed by atoms with Gasteiger partial charge in [-0.3, -0.25) is 0 Å². The quantitative estimate of drug-likeness (QED) is 0.932. The zero-order valence-electron chi connectivity index (χ0n) is 14.0. The first-order chi connectivity index (χ1) is 11.1. The summed E-state index contributed by atoms with van der Waals surface area (Å²) < 4.78 is 11.6. The van der Waals surface area contributed by atoms with Crippen LogP contribution in [0, 0.1) is 5.92 Å². The van der Waals surface area contributed by atoms with Gasteiger partial charge in [-0.05, 0) is 32.3 Å². The van der Waals surface area contributed by atoms with Crippen LogP contribution in [0.5, 0.6) is 0 Å². The summed E-state index contributed by atoms with van der Waals surface area (Å²) in [6.45, 7) is 6.77. The number of nitrogens with zero attached hydrogens (tertiary/aromatic N) is 1. The van der Waals surface area contributed by atoms with Crippen molar-refractivity contribution in [3.05, 3.63) is 35.9 Å². The van der Waals surface area contributed by atoms with Gasteiger partial charge in [0.05, 0.1) is 19.3 Å². The van der Waals surface area contributed by atoms with Crippen LogP contribution < -0.4 is 5.32 Å². The van der Waals surface area contributed by atoms with E-state index in [9.17, 15) is 4.79 Å². The number of amides is 2. The number of piperidine rings is 1. The Bertz CT molecular complexity index is 528. The van der Waals surface area contributed by atoms with Crippen LogP contribution in [0.25, 0.3) is 0 Å². The first-order valence-electron chi connectivity index (χ1n) is 8.47. The minimum atomic E-state index is -0.538. The van der Waals surface area contributed by atoms with Gasteiger partial charge >= 0.3 is 6.03 Å². The number of benzene rings is 1. The number of urea groups is 1. The van der Waals surface area contributed by atoms with Gasteiger partial charge in [0.2, 0.25) is 0 Å². The Morgan fingerprint density at radius 2 is 2.00 bits per heavy atom. The molecule has 2 fully saturated rings. The maximum atomic E-state index is 12.6. The number of rotatable bonds is 3. The zero-order valence-corrected chi connectivity index (χ0v) is 14.0. The maximum absolute atomic E-state index is 12.6. The van der Waals surface area contributed by atoms with Gasteiger partial charge in [-0.25, -0.2) is 4.79 Å². The second-order valence-electron chi connectivity index (χ2n) is 6.58. The lowest BCUT2D eigenvalue weighted by Crippen LogP contribution is -2.51. The summed E-state index contributed by atoms with van der Waals surface area (Å²) in [6, 6.07) is 10.0. The molecule has 2 aliphatic heterocycles. The third kappa shape index (κ3) is 3.67. The number of carbonyl (C=O) groups excluding carboxylic acids is 1. The molecule has 3 rings (SSSR count). The van der Waals surface area contributed by atoms with Gasteiger partial charge in [-0.2, -0.15) is 0 Å². The average molecular weight is 318 g/mol. The fourth-order valence-electron chi connectivity index (χ4n) is 3.46. The van der Waals surface area contributed by atoms with E-state index in [0.29, 0.717) is 19.8 Å². The van der Waals surface area contributed by atoms with Gasteiger partial charge in [0.1, 0.15) is 0 Å². The summed E-state index contributed by atoms with van der Waals surface area (Å²) in [7, 11) is 0. The topological polar surface area (TPSA) is 50.8 Å². The van der Waals surface area contributed by atoms with Gasteiger partial charge < -0.3 is 19.7 Å². The lowest BCUT2D eigenvalue weighted by molar-refractivity contribution is -0.189. The van der Waals surface area contributed by atoms with Crippen molar-refractivity contribution in [1.82, 2.24) is 10.2 Å². The predicted octanol–water partition coefficient (Wildman–Crippen LogP) is 2.93. The Kier molecular flexibility index (Phi) is 4.87. The second-order valence-corrected chi connectivity index (χ2v) is 6.58. The highest BCUT2D eigenvalue weighted by Crippen LogP contribution is 2.34. The molecule has 2 atom stereocenters. The molecule has 2 aliphatic rings. The third-order valence-electron chi connectivity index (χ3n) is 4.95. The highest BCUT2D eigenvalue weighted by atomic mass is 16.7. The Morgan fingerprint density at radius 1 is 1.30 bits per heavy atom. The molecule has 1 aromatic rings. The Balaban J connectivity index is 1.59. The molecule has 1 aromatic carbocycles. The second kappa shape index (κ2) is 6.89. The normalized spacial score (nSPS) is 25.1. The lowest BCUT2D eigenvalue weighted by atomic mass is 9.90. The van der Waals surface area contributed by atoms with Gasteiger partial charge in [0, 0.05) is 19.0 Å². The molecule has 0 spiro atoms. The van der Waals surface area contributed by atoms with Crippen molar-refractivity contribution in [2.45, 2.75) is 38.5 Å². The van der Waals surface area contributed by atoms with Crippen LogP contribution >= 0.6 is 0 Å². The summed E-state index contributed by atoms with van der Waals surface area (Å²) in [6.07, 6.45) is 2.02. The lowest BCUT2D eigenvalue weighted by Gasteiger charge is -2.40. The summed E-state index contributed by atoms with van der Waals surface area (Å²) in [5.41, 5.74) is 1.11. The number of hydrogen-bond acceptors (Lipinski definition) is 3. The first-order valence-corrected chi connectivity index (χ1v) is 8.47. The highest BCUT2D eigenvalue weighted by molar-refractivity contribution is 5.74. The number of hydrogen-bond donors (Lipinski definition) is 1. The summed E-state index contributed by atoms with van der Waals surface area (Å²) in [5, 5.41) is 3.09. The number of nitrogens with one attached hydrogen (secondary N) is 1. The van der Waals surface area contributed by atoms with Gasteiger partial charge in [0.15, 0.2) is 5.79 Å². The van der Waals surface area contributed by atoms with E-state index in [0.717, 1.165) is 24.9 Å².